The second-order valence-corrected chi connectivity index (χ2v) is 9.87. The summed E-state index contributed by atoms with van der Waals surface area (Å²) in [6.07, 6.45) is 6.63. The highest BCUT2D eigenvalue weighted by Gasteiger charge is 2.51. The van der Waals surface area contributed by atoms with Gasteiger partial charge in [-0.15, -0.1) is 0 Å². The zero-order valence-electron chi connectivity index (χ0n) is 16.5. The van der Waals surface area contributed by atoms with Crippen molar-refractivity contribution in [3.8, 4) is 0 Å². The molecule has 0 bridgehead atoms. The van der Waals surface area contributed by atoms with E-state index in [1.165, 1.54) is 12.3 Å². The number of aromatic nitrogens is 1. The lowest BCUT2D eigenvalue weighted by molar-refractivity contribution is -0.117. The third kappa shape index (κ3) is 3.91. The first kappa shape index (κ1) is 20.3. The summed E-state index contributed by atoms with van der Waals surface area (Å²) in [5.74, 6) is 0.570. The first-order valence-corrected chi connectivity index (χ1v) is 11.6. The van der Waals surface area contributed by atoms with Gasteiger partial charge in [0.2, 0.25) is 15.9 Å². The van der Waals surface area contributed by atoms with Gasteiger partial charge in [-0.2, -0.15) is 4.31 Å². The molecule has 1 N–H and O–H groups in total. The maximum Gasteiger partial charge on any atom is 0.245 e. The van der Waals surface area contributed by atoms with Crippen molar-refractivity contribution in [2.45, 2.75) is 48.6 Å². The van der Waals surface area contributed by atoms with Crippen LogP contribution >= 0.6 is 0 Å². The number of hydrogen-bond acceptors (Lipinski definition) is 6. The summed E-state index contributed by atoms with van der Waals surface area (Å²) in [7, 11) is -3.64. The van der Waals surface area contributed by atoms with Gasteiger partial charge in [-0.1, -0.05) is 6.58 Å². The number of ether oxygens (including phenoxy) is 1. The summed E-state index contributed by atoms with van der Waals surface area (Å²) < 4.78 is 33.8. The van der Waals surface area contributed by atoms with Gasteiger partial charge in [-0.3, -0.25) is 4.79 Å². The molecular weight excluding hydrogens is 392 g/mol. The van der Waals surface area contributed by atoms with Crippen LogP contribution in [-0.4, -0.2) is 68.0 Å². The van der Waals surface area contributed by atoms with Gasteiger partial charge in [0.15, 0.2) is 0 Å². The predicted octanol–water partition coefficient (Wildman–Crippen LogP) is 1.30. The van der Waals surface area contributed by atoms with Crippen molar-refractivity contribution in [2.75, 3.05) is 37.7 Å². The molecule has 0 aromatic carbocycles. The number of morpholine rings is 1. The van der Waals surface area contributed by atoms with E-state index in [1.807, 2.05) is 0 Å². The molecule has 1 aromatic rings. The van der Waals surface area contributed by atoms with E-state index in [1.54, 1.807) is 16.4 Å². The van der Waals surface area contributed by atoms with Gasteiger partial charge in [0, 0.05) is 37.4 Å². The summed E-state index contributed by atoms with van der Waals surface area (Å²) in [6.45, 7) is 6.71. The zero-order valence-corrected chi connectivity index (χ0v) is 17.4. The van der Waals surface area contributed by atoms with Crippen molar-refractivity contribution in [1.29, 1.82) is 0 Å². The molecule has 3 fully saturated rings. The summed E-state index contributed by atoms with van der Waals surface area (Å²) >= 11 is 0. The molecule has 1 aliphatic carbocycles. The predicted molar refractivity (Wildman–Crippen MR) is 109 cm³/mol. The number of carbonyl (C=O) groups excluding carboxylic acids is 1. The maximum absolute atomic E-state index is 13.4. The van der Waals surface area contributed by atoms with Crippen LogP contribution < -0.4 is 10.2 Å². The van der Waals surface area contributed by atoms with Crippen LogP contribution in [0.3, 0.4) is 0 Å². The monoisotopic (exact) mass is 420 g/mol. The van der Waals surface area contributed by atoms with E-state index in [2.05, 4.69) is 21.8 Å². The first-order valence-electron chi connectivity index (χ1n) is 10.2. The van der Waals surface area contributed by atoms with Gasteiger partial charge >= 0.3 is 0 Å². The summed E-state index contributed by atoms with van der Waals surface area (Å²) in [4.78, 5) is 18.4. The third-order valence-corrected chi connectivity index (χ3v) is 8.28. The third-order valence-electron chi connectivity index (χ3n) is 6.30. The van der Waals surface area contributed by atoms with Crippen molar-refractivity contribution < 1.29 is 17.9 Å². The molecule has 1 saturated carbocycles. The van der Waals surface area contributed by atoms with Gasteiger partial charge in [-0.25, -0.2) is 13.4 Å². The molecule has 1 aromatic heterocycles. The molecule has 3 heterocycles. The van der Waals surface area contributed by atoms with Crippen molar-refractivity contribution >= 4 is 21.7 Å². The topological polar surface area (TPSA) is 91.8 Å². The fraction of sp³-hybridized carbons (Fsp3) is 0.600. The minimum Gasteiger partial charge on any atom is -0.378 e. The summed E-state index contributed by atoms with van der Waals surface area (Å²) in [6, 6.07) is 3.42. The van der Waals surface area contributed by atoms with Crippen LogP contribution in [0, 0.1) is 0 Å². The van der Waals surface area contributed by atoms with Crippen LogP contribution in [0.15, 0.2) is 35.9 Å². The number of nitrogens with one attached hydrogen (secondary N) is 1. The number of amides is 1. The number of pyridine rings is 1. The molecule has 3 aliphatic rings. The highest BCUT2D eigenvalue weighted by Crippen LogP contribution is 2.46. The Hall–Kier alpha value is -1.97. The van der Waals surface area contributed by atoms with Gasteiger partial charge in [-0.05, 0) is 50.3 Å². The molecule has 2 saturated heterocycles. The van der Waals surface area contributed by atoms with Gasteiger partial charge in [0.05, 0.1) is 13.2 Å². The lowest BCUT2D eigenvalue weighted by Crippen LogP contribution is -2.63. The van der Waals surface area contributed by atoms with Crippen LogP contribution in [0.5, 0.6) is 0 Å². The van der Waals surface area contributed by atoms with Crippen molar-refractivity contribution in [3.63, 3.8) is 0 Å². The molecule has 0 radical (unpaired) electrons. The Bertz CT molecular complexity index is 861. The van der Waals surface area contributed by atoms with Crippen LogP contribution in [0.25, 0.3) is 0 Å². The van der Waals surface area contributed by atoms with E-state index >= 15 is 0 Å². The normalized spacial score (nSPS) is 24.7. The fourth-order valence-electron chi connectivity index (χ4n) is 4.60. The van der Waals surface area contributed by atoms with Gasteiger partial charge < -0.3 is 15.0 Å². The fourth-order valence-corrected chi connectivity index (χ4v) is 6.39. The number of rotatable bonds is 5. The standard InChI is InChI=1S/C20H28N4O4S/c1-2-19(25)22-16-6-9-24(20(14-16)7-3-8-20)29(26,27)17-4-5-18(21-15-17)23-10-12-28-13-11-23/h2,4-5,15-16H,1,3,6-14H2,(H,22,25). The number of piperidine rings is 1. The molecule has 1 amide bonds. The number of carbonyl (C=O) groups is 1. The smallest absolute Gasteiger partial charge is 0.245 e. The molecule has 9 heteroatoms. The average Bonchev–Trinajstić information content (AvgIpc) is 2.73. The number of anilines is 1. The second kappa shape index (κ2) is 8.04. The Kier molecular flexibility index (Phi) is 5.63. The van der Waals surface area contributed by atoms with Crippen molar-refractivity contribution in [3.05, 3.63) is 31.0 Å². The Morgan fingerprint density at radius 3 is 2.62 bits per heavy atom. The maximum atomic E-state index is 13.4. The van der Waals surface area contributed by atoms with Crippen molar-refractivity contribution in [2.24, 2.45) is 0 Å². The van der Waals surface area contributed by atoms with E-state index in [-0.39, 0.29) is 16.8 Å². The van der Waals surface area contributed by atoms with E-state index < -0.39 is 15.6 Å². The summed E-state index contributed by atoms with van der Waals surface area (Å²) in [5, 5.41) is 2.94. The minimum absolute atomic E-state index is 0.0194. The molecule has 1 unspecified atom stereocenters. The minimum atomic E-state index is -3.64. The quantitative estimate of drug-likeness (QED) is 0.722. The van der Waals surface area contributed by atoms with Crippen LogP contribution in [0.2, 0.25) is 0 Å². The molecule has 8 nitrogen and oxygen atoms in total. The highest BCUT2D eigenvalue weighted by atomic mass is 32.2. The molecule has 4 rings (SSSR count). The van der Waals surface area contributed by atoms with Gasteiger partial charge in [0.1, 0.15) is 10.7 Å². The molecule has 1 atom stereocenters. The molecule has 2 aliphatic heterocycles. The van der Waals surface area contributed by atoms with E-state index in [0.717, 1.165) is 38.2 Å². The van der Waals surface area contributed by atoms with Crippen LogP contribution in [0.4, 0.5) is 5.82 Å². The van der Waals surface area contributed by atoms with Gasteiger partial charge in [0.25, 0.3) is 0 Å². The van der Waals surface area contributed by atoms with E-state index in [4.69, 9.17) is 4.74 Å². The molecule has 1 spiro atoms. The number of nitrogens with zero attached hydrogens (tertiary/aromatic N) is 3. The zero-order chi connectivity index (χ0) is 20.5. The van der Waals surface area contributed by atoms with Crippen LogP contribution in [-0.2, 0) is 19.6 Å². The first-order chi connectivity index (χ1) is 13.9. The Morgan fingerprint density at radius 2 is 2.03 bits per heavy atom. The van der Waals surface area contributed by atoms with E-state index in [9.17, 15) is 13.2 Å². The molecular formula is C20H28N4O4S. The van der Waals surface area contributed by atoms with Crippen molar-refractivity contribution in [1.82, 2.24) is 14.6 Å². The SMILES string of the molecule is C=CC(=O)NC1CCN(S(=O)(=O)c2ccc(N3CCOCC3)nc2)C2(CCC2)C1. The highest BCUT2D eigenvalue weighted by molar-refractivity contribution is 7.89. The molecule has 29 heavy (non-hydrogen) atoms. The number of hydrogen-bond donors (Lipinski definition) is 1. The Balaban J connectivity index is 1.52. The van der Waals surface area contributed by atoms with Crippen LogP contribution in [0.1, 0.15) is 32.1 Å². The largest absolute Gasteiger partial charge is 0.378 e. The lowest BCUT2D eigenvalue weighted by Gasteiger charge is -2.54. The molecule has 158 valence electrons. The average molecular weight is 421 g/mol. The Morgan fingerprint density at radius 1 is 1.28 bits per heavy atom. The second-order valence-electron chi connectivity index (χ2n) is 8.01. The lowest BCUT2D eigenvalue weighted by atomic mass is 9.70. The van der Waals surface area contributed by atoms with E-state index in [0.29, 0.717) is 32.6 Å². The number of sulfonamides is 1. The summed E-state index contributed by atoms with van der Waals surface area (Å²) in [5.41, 5.74) is -0.404. The Labute approximate surface area is 172 Å².